The third-order valence-corrected chi connectivity index (χ3v) is 5.23. The molecule has 1 aliphatic heterocycles. The summed E-state index contributed by atoms with van der Waals surface area (Å²) in [5, 5.41) is 4.63. The quantitative estimate of drug-likeness (QED) is 0.849. The molecule has 24 heavy (non-hydrogen) atoms. The Morgan fingerprint density at radius 3 is 2.83 bits per heavy atom. The Balaban J connectivity index is 1.79. The van der Waals surface area contributed by atoms with Gasteiger partial charge in [-0.2, -0.15) is 0 Å². The molecular formula is C18H20N2O3S. The lowest BCUT2D eigenvalue weighted by molar-refractivity contribution is 0.0607. The largest absolute Gasteiger partial charge is 0.465 e. The predicted molar refractivity (Wildman–Crippen MR) is 94.5 cm³/mol. The molecule has 2 heterocycles. The maximum Gasteiger partial charge on any atom is 0.350 e. The summed E-state index contributed by atoms with van der Waals surface area (Å²) in [5.41, 5.74) is 2.88. The van der Waals surface area contributed by atoms with Gasteiger partial charge in [0, 0.05) is 6.54 Å². The van der Waals surface area contributed by atoms with Crippen molar-refractivity contribution in [2.75, 3.05) is 19.0 Å². The average molecular weight is 344 g/mol. The Kier molecular flexibility index (Phi) is 4.85. The van der Waals surface area contributed by atoms with Crippen molar-refractivity contribution in [1.29, 1.82) is 0 Å². The van der Waals surface area contributed by atoms with Gasteiger partial charge in [-0.1, -0.05) is 24.3 Å². The number of nitrogens with zero attached hydrogens (tertiary/aromatic N) is 1. The zero-order valence-corrected chi connectivity index (χ0v) is 14.6. The van der Waals surface area contributed by atoms with Crippen LogP contribution in [0.25, 0.3) is 0 Å². The molecule has 1 aromatic heterocycles. The number of hydrogen-bond acceptors (Lipinski definition) is 4. The fourth-order valence-electron chi connectivity index (χ4n) is 3.14. The summed E-state index contributed by atoms with van der Waals surface area (Å²) in [4.78, 5) is 26.8. The Morgan fingerprint density at radius 1 is 1.29 bits per heavy atom. The second-order valence-electron chi connectivity index (χ2n) is 5.79. The van der Waals surface area contributed by atoms with Crippen molar-refractivity contribution in [3.05, 3.63) is 51.7 Å². The smallest absolute Gasteiger partial charge is 0.350 e. The Labute approximate surface area is 145 Å². The molecular weight excluding hydrogens is 324 g/mol. The van der Waals surface area contributed by atoms with E-state index in [-0.39, 0.29) is 12.1 Å². The fourth-order valence-corrected chi connectivity index (χ4v) is 3.91. The minimum atomic E-state index is -0.433. The summed E-state index contributed by atoms with van der Waals surface area (Å²) in [6.45, 7) is 2.78. The van der Waals surface area contributed by atoms with Crippen molar-refractivity contribution < 1.29 is 14.3 Å². The van der Waals surface area contributed by atoms with Crippen LogP contribution in [0.5, 0.6) is 0 Å². The van der Waals surface area contributed by atoms with E-state index in [4.69, 9.17) is 4.74 Å². The van der Waals surface area contributed by atoms with Crippen LogP contribution in [0.1, 0.15) is 39.7 Å². The monoisotopic (exact) mass is 344 g/mol. The summed E-state index contributed by atoms with van der Waals surface area (Å²) in [5.74, 6) is -0.433. The van der Waals surface area contributed by atoms with Crippen molar-refractivity contribution in [2.24, 2.45) is 0 Å². The molecule has 6 heteroatoms. The molecule has 5 nitrogen and oxygen atoms in total. The van der Waals surface area contributed by atoms with E-state index < -0.39 is 5.97 Å². The third kappa shape index (κ3) is 3.14. The first kappa shape index (κ1) is 16.5. The molecule has 0 spiro atoms. The molecule has 1 N–H and O–H groups in total. The Bertz CT molecular complexity index is 756. The van der Waals surface area contributed by atoms with Gasteiger partial charge in [-0.05, 0) is 42.3 Å². The molecule has 0 unspecified atom stereocenters. The summed E-state index contributed by atoms with van der Waals surface area (Å²) in [6.07, 6.45) is 1.92. The number of aryl methyl sites for hydroxylation is 1. The number of carbonyl (C=O) groups is 2. The van der Waals surface area contributed by atoms with E-state index in [9.17, 15) is 9.59 Å². The fraction of sp³-hybridized carbons (Fsp3) is 0.333. The van der Waals surface area contributed by atoms with Crippen LogP contribution in [-0.4, -0.2) is 30.6 Å². The van der Waals surface area contributed by atoms with E-state index in [1.165, 1.54) is 29.6 Å². The number of hydrogen-bond donors (Lipinski definition) is 1. The highest BCUT2D eigenvalue weighted by Crippen LogP contribution is 2.34. The van der Waals surface area contributed by atoms with Crippen molar-refractivity contribution >= 4 is 29.0 Å². The van der Waals surface area contributed by atoms with Crippen LogP contribution >= 0.6 is 11.3 Å². The standard InChI is InChI=1S/C18H20N2O3S/c1-12-6-3-4-7-13(12)15-8-5-10-20(15)18(22)19-14-9-11-24-16(14)17(21)23-2/h3-4,6-7,9,11,15H,5,8,10H2,1-2H3,(H,19,22)/t15-/m1/s1. The molecule has 0 saturated carbocycles. The average Bonchev–Trinajstić information content (AvgIpc) is 3.23. The van der Waals surface area contributed by atoms with Crippen molar-refractivity contribution in [3.8, 4) is 0 Å². The van der Waals surface area contributed by atoms with E-state index in [0.29, 0.717) is 17.1 Å². The Hall–Kier alpha value is -2.34. The van der Waals surface area contributed by atoms with Crippen molar-refractivity contribution in [2.45, 2.75) is 25.8 Å². The number of carbonyl (C=O) groups excluding carboxylic acids is 2. The first-order valence-electron chi connectivity index (χ1n) is 7.90. The minimum absolute atomic E-state index is 0.0754. The molecule has 2 aromatic rings. The molecule has 1 aromatic carbocycles. The number of rotatable bonds is 3. The van der Waals surface area contributed by atoms with Crippen LogP contribution in [0.3, 0.4) is 0 Å². The maximum absolute atomic E-state index is 12.7. The topological polar surface area (TPSA) is 58.6 Å². The molecule has 0 aliphatic carbocycles. The van der Waals surface area contributed by atoms with E-state index in [1.807, 2.05) is 17.0 Å². The van der Waals surface area contributed by atoms with Gasteiger partial charge in [-0.15, -0.1) is 11.3 Å². The van der Waals surface area contributed by atoms with Crippen LogP contribution < -0.4 is 5.32 Å². The molecule has 0 bridgehead atoms. The molecule has 1 atom stereocenters. The highest BCUT2D eigenvalue weighted by molar-refractivity contribution is 7.12. The van der Waals surface area contributed by atoms with Gasteiger partial charge in [0.05, 0.1) is 18.8 Å². The maximum atomic E-state index is 12.7. The molecule has 0 radical (unpaired) electrons. The number of esters is 1. The minimum Gasteiger partial charge on any atom is -0.465 e. The second kappa shape index (κ2) is 7.05. The zero-order valence-electron chi connectivity index (χ0n) is 13.7. The van der Waals surface area contributed by atoms with Gasteiger partial charge in [0.1, 0.15) is 4.88 Å². The van der Waals surface area contributed by atoms with Gasteiger partial charge in [0.2, 0.25) is 0 Å². The third-order valence-electron chi connectivity index (χ3n) is 4.34. The summed E-state index contributed by atoms with van der Waals surface area (Å²) < 4.78 is 4.76. The zero-order chi connectivity index (χ0) is 17.1. The molecule has 3 rings (SSSR count). The number of benzene rings is 1. The number of anilines is 1. The van der Waals surface area contributed by atoms with Gasteiger partial charge in [-0.3, -0.25) is 0 Å². The van der Waals surface area contributed by atoms with Crippen LogP contribution in [0.4, 0.5) is 10.5 Å². The molecule has 1 saturated heterocycles. The predicted octanol–water partition coefficient (Wildman–Crippen LogP) is 4.21. The highest BCUT2D eigenvalue weighted by atomic mass is 32.1. The van der Waals surface area contributed by atoms with Gasteiger partial charge in [0.15, 0.2) is 0 Å². The van der Waals surface area contributed by atoms with Crippen LogP contribution in [0.2, 0.25) is 0 Å². The highest BCUT2D eigenvalue weighted by Gasteiger charge is 2.31. The first-order valence-corrected chi connectivity index (χ1v) is 8.78. The summed E-state index contributed by atoms with van der Waals surface area (Å²) in [6, 6.07) is 9.79. The number of nitrogens with one attached hydrogen (secondary N) is 1. The lowest BCUT2D eigenvalue weighted by Crippen LogP contribution is -2.34. The SMILES string of the molecule is COC(=O)c1sccc1NC(=O)N1CCC[C@@H]1c1ccccc1C. The normalized spacial score (nSPS) is 16.9. The lowest BCUT2D eigenvalue weighted by Gasteiger charge is -2.26. The van der Waals surface area contributed by atoms with E-state index in [0.717, 1.165) is 12.8 Å². The first-order chi connectivity index (χ1) is 11.6. The van der Waals surface area contributed by atoms with Crippen LogP contribution in [0.15, 0.2) is 35.7 Å². The van der Waals surface area contributed by atoms with E-state index in [1.54, 1.807) is 11.4 Å². The van der Waals surface area contributed by atoms with Gasteiger partial charge >= 0.3 is 12.0 Å². The summed E-state index contributed by atoms with van der Waals surface area (Å²) >= 11 is 1.26. The number of amides is 2. The van der Waals surface area contributed by atoms with Crippen molar-refractivity contribution in [1.82, 2.24) is 4.90 Å². The van der Waals surface area contributed by atoms with Gasteiger partial charge < -0.3 is 15.0 Å². The van der Waals surface area contributed by atoms with E-state index in [2.05, 4.69) is 24.4 Å². The number of urea groups is 1. The number of likely N-dealkylation sites (tertiary alicyclic amines) is 1. The lowest BCUT2D eigenvalue weighted by atomic mass is 9.99. The Morgan fingerprint density at radius 2 is 2.08 bits per heavy atom. The second-order valence-corrected chi connectivity index (χ2v) is 6.71. The molecule has 1 fully saturated rings. The van der Waals surface area contributed by atoms with E-state index >= 15 is 0 Å². The van der Waals surface area contributed by atoms with Gasteiger partial charge in [-0.25, -0.2) is 9.59 Å². The number of ether oxygens (including phenoxy) is 1. The van der Waals surface area contributed by atoms with Crippen LogP contribution in [-0.2, 0) is 4.74 Å². The van der Waals surface area contributed by atoms with Crippen molar-refractivity contribution in [3.63, 3.8) is 0 Å². The molecule has 2 amide bonds. The molecule has 1 aliphatic rings. The summed E-state index contributed by atoms with van der Waals surface area (Å²) in [7, 11) is 1.34. The van der Waals surface area contributed by atoms with Gasteiger partial charge in [0.25, 0.3) is 0 Å². The number of methoxy groups -OCH3 is 1. The molecule has 126 valence electrons. The van der Waals surface area contributed by atoms with Crippen LogP contribution in [0, 0.1) is 6.92 Å². The number of thiophene rings is 1.